The molecular formula is C13H17N5O2S. The summed E-state index contributed by atoms with van der Waals surface area (Å²) in [4.78, 5) is 19.1. The lowest BCUT2D eigenvalue weighted by Crippen LogP contribution is -2.13. The quantitative estimate of drug-likeness (QED) is 0.603. The lowest BCUT2D eigenvalue weighted by Gasteiger charge is -2.12. The number of nitrogens with zero attached hydrogens (tertiary/aromatic N) is 3. The summed E-state index contributed by atoms with van der Waals surface area (Å²) in [5.41, 5.74) is -0.0250. The Labute approximate surface area is 126 Å². The minimum atomic E-state index is -0.431. The third-order valence-electron chi connectivity index (χ3n) is 2.88. The maximum Gasteiger partial charge on any atom is 0.311 e. The fourth-order valence-electron chi connectivity index (χ4n) is 1.82. The number of nitrogens with one attached hydrogen (secondary N) is 2. The molecule has 7 nitrogen and oxygen atoms in total. The first-order chi connectivity index (χ1) is 10.1. The van der Waals surface area contributed by atoms with Gasteiger partial charge >= 0.3 is 5.69 Å². The number of nitro groups is 1. The summed E-state index contributed by atoms with van der Waals surface area (Å²) in [5.74, 6) is 1.06. The lowest BCUT2D eigenvalue weighted by atomic mass is 10.2. The average molecular weight is 307 g/mol. The van der Waals surface area contributed by atoms with Crippen LogP contribution < -0.4 is 10.6 Å². The molecule has 0 aliphatic rings. The van der Waals surface area contributed by atoms with Crippen molar-refractivity contribution < 1.29 is 4.92 Å². The Balaban J connectivity index is 2.13. The highest BCUT2D eigenvalue weighted by molar-refractivity contribution is 7.09. The number of thiazole rings is 1. The van der Waals surface area contributed by atoms with E-state index >= 15 is 0 Å². The zero-order valence-electron chi connectivity index (χ0n) is 11.9. The van der Waals surface area contributed by atoms with E-state index in [2.05, 4.69) is 20.6 Å². The van der Waals surface area contributed by atoms with Gasteiger partial charge in [-0.25, -0.2) is 9.97 Å². The molecule has 0 saturated heterocycles. The van der Waals surface area contributed by atoms with Gasteiger partial charge < -0.3 is 10.6 Å². The number of aromatic nitrogens is 2. The molecule has 0 bridgehead atoms. The first-order valence-corrected chi connectivity index (χ1v) is 7.52. The van der Waals surface area contributed by atoms with Gasteiger partial charge in [-0.3, -0.25) is 10.1 Å². The highest BCUT2D eigenvalue weighted by Crippen LogP contribution is 2.25. The first-order valence-electron chi connectivity index (χ1n) is 6.64. The molecule has 2 N–H and O–H groups in total. The van der Waals surface area contributed by atoms with E-state index in [4.69, 9.17) is 0 Å². The predicted octanol–water partition coefficient (Wildman–Crippen LogP) is 3.09. The van der Waals surface area contributed by atoms with E-state index in [1.165, 1.54) is 6.07 Å². The van der Waals surface area contributed by atoms with Gasteiger partial charge in [-0.1, -0.05) is 6.92 Å². The van der Waals surface area contributed by atoms with Gasteiger partial charge in [0, 0.05) is 36.7 Å². The number of rotatable bonds is 7. The van der Waals surface area contributed by atoms with E-state index in [1.54, 1.807) is 23.6 Å². The van der Waals surface area contributed by atoms with Crippen LogP contribution in [-0.4, -0.2) is 28.0 Å². The average Bonchev–Trinajstić information content (AvgIpc) is 2.99. The zero-order valence-corrected chi connectivity index (χ0v) is 12.7. The third kappa shape index (κ3) is 3.88. The van der Waals surface area contributed by atoms with Crippen molar-refractivity contribution in [3.8, 4) is 0 Å². The van der Waals surface area contributed by atoms with Gasteiger partial charge in [0.25, 0.3) is 0 Å². The molecule has 21 heavy (non-hydrogen) atoms. The van der Waals surface area contributed by atoms with Crippen LogP contribution in [0, 0.1) is 10.1 Å². The van der Waals surface area contributed by atoms with Crippen LogP contribution in [0.4, 0.5) is 17.3 Å². The van der Waals surface area contributed by atoms with Gasteiger partial charge in [0.2, 0.25) is 5.82 Å². The molecule has 1 unspecified atom stereocenters. The molecule has 112 valence electrons. The van der Waals surface area contributed by atoms with Gasteiger partial charge in [-0.15, -0.1) is 11.3 Å². The van der Waals surface area contributed by atoms with Crippen molar-refractivity contribution in [1.82, 2.24) is 9.97 Å². The Bertz CT molecular complexity index is 603. The highest BCUT2D eigenvalue weighted by Gasteiger charge is 2.17. The van der Waals surface area contributed by atoms with Crippen LogP contribution in [0.1, 0.15) is 24.8 Å². The fraction of sp³-hybridized carbons (Fsp3) is 0.385. The van der Waals surface area contributed by atoms with E-state index in [9.17, 15) is 10.1 Å². The second-order valence-corrected chi connectivity index (χ2v) is 5.43. The van der Waals surface area contributed by atoms with Crippen molar-refractivity contribution in [3.05, 3.63) is 38.8 Å². The van der Waals surface area contributed by atoms with Gasteiger partial charge in [0.15, 0.2) is 0 Å². The van der Waals surface area contributed by atoms with Crippen LogP contribution in [0.25, 0.3) is 0 Å². The molecule has 0 aliphatic carbocycles. The Morgan fingerprint density at radius 1 is 1.43 bits per heavy atom. The molecule has 0 aliphatic heterocycles. The first kappa shape index (κ1) is 15.2. The van der Waals surface area contributed by atoms with Gasteiger partial charge in [-0.2, -0.15) is 0 Å². The van der Waals surface area contributed by atoms with E-state index in [0.29, 0.717) is 18.9 Å². The summed E-state index contributed by atoms with van der Waals surface area (Å²) in [6.45, 7) is 5.21. The Hall–Kier alpha value is -2.22. The van der Waals surface area contributed by atoms with E-state index in [0.717, 1.165) is 5.01 Å². The topological polar surface area (TPSA) is 93.0 Å². The standard InChI is InChI=1S/C13H17N5O2S/c1-3-14-11-5-4-10(18(19)20)12(17-11)16-8-9(2)13-15-6-7-21-13/h4-7,9H,3,8H2,1-2H3,(H2,14,16,17). The highest BCUT2D eigenvalue weighted by atomic mass is 32.1. The summed E-state index contributed by atoms with van der Waals surface area (Å²) in [5, 5.41) is 20.1. The van der Waals surface area contributed by atoms with Crippen molar-refractivity contribution in [2.24, 2.45) is 0 Å². The largest absolute Gasteiger partial charge is 0.370 e. The number of pyridine rings is 1. The molecule has 0 fully saturated rings. The summed E-state index contributed by atoms with van der Waals surface area (Å²) >= 11 is 1.57. The van der Waals surface area contributed by atoms with Gasteiger partial charge in [-0.05, 0) is 13.0 Å². The molecule has 0 aromatic carbocycles. The molecular weight excluding hydrogens is 290 g/mol. The number of hydrogen-bond donors (Lipinski definition) is 2. The molecule has 1 atom stereocenters. The molecule has 8 heteroatoms. The second kappa shape index (κ2) is 6.98. The van der Waals surface area contributed by atoms with Crippen LogP contribution in [0.5, 0.6) is 0 Å². The van der Waals surface area contributed by atoms with Crippen LogP contribution in [0.2, 0.25) is 0 Å². The van der Waals surface area contributed by atoms with Gasteiger partial charge in [0.05, 0.1) is 9.93 Å². The zero-order chi connectivity index (χ0) is 15.2. The Morgan fingerprint density at radius 2 is 2.24 bits per heavy atom. The molecule has 2 rings (SSSR count). The smallest absolute Gasteiger partial charge is 0.311 e. The summed E-state index contributed by atoms with van der Waals surface area (Å²) in [6, 6.07) is 3.07. The van der Waals surface area contributed by atoms with Crippen molar-refractivity contribution >= 4 is 28.7 Å². The SMILES string of the molecule is CCNc1ccc([N+](=O)[O-])c(NCC(C)c2nccs2)n1. The van der Waals surface area contributed by atoms with E-state index < -0.39 is 4.92 Å². The monoisotopic (exact) mass is 307 g/mol. The minimum absolute atomic E-state index is 0.0250. The summed E-state index contributed by atoms with van der Waals surface area (Å²) in [7, 11) is 0. The molecule has 0 spiro atoms. The molecule has 0 radical (unpaired) electrons. The number of anilines is 2. The maximum atomic E-state index is 11.1. The van der Waals surface area contributed by atoms with Gasteiger partial charge in [0.1, 0.15) is 5.82 Å². The molecule has 0 saturated carbocycles. The maximum absolute atomic E-state index is 11.1. The molecule has 2 heterocycles. The van der Waals surface area contributed by atoms with Crippen LogP contribution in [-0.2, 0) is 0 Å². The third-order valence-corrected chi connectivity index (χ3v) is 3.88. The summed E-state index contributed by atoms with van der Waals surface area (Å²) in [6.07, 6.45) is 1.75. The van der Waals surface area contributed by atoms with Crippen molar-refractivity contribution in [3.63, 3.8) is 0 Å². The molecule has 0 amide bonds. The number of hydrogen-bond acceptors (Lipinski definition) is 7. The van der Waals surface area contributed by atoms with Crippen LogP contribution >= 0.6 is 11.3 Å². The van der Waals surface area contributed by atoms with Crippen LogP contribution in [0.3, 0.4) is 0 Å². The Morgan fingerprint density at radius 3 is 2.86 bits per heavy atom. The second-order valence-electron chi connectivity index (χ2n) is 4.50. The molecule has 2 aromatic heterocycles. The van der Waals surface area contributed by atoms with Crippen molar-refractivity contribution in [2.45, 2.75) is 19.8 Å². The normalized spacial score (nSPS) is 11.9. The minimum Gasteiger partial charge on any atom is -0.370 e. The fourth-order valence-corrected chi connectivity index (χ4v) is 2.52. The van der Waals surface area contributed by atoms with E-state index in [1.807, 2.05) is 19.2 Å². The lowest BCUT2D eigenvalue weighted by molar-refractivity contribution is -0.384. The van der Waals surface area contributed by atoms with Crippen molar-refractivity contribution in [1.29, 1.82) is 0 Å². The van der Waals surface area contributed by atoms with Crippen LogP contribution in [0.15, 0.2) is 23.7 Å². The molecule has 2 aromatic rings. The van der Waals surface area contributed by atoms with Crippen molar-refractivity contribution in [2.75, 3.05) is 23.7 Å². The predicted molar refractivity (Wildman–Crippen MR) is 84.1 cm³/mol. The summed E-state index contributed by atoms with van der Waals surface area (Å²) < 4.78 is 0. The Kier molecular flexibility index (Phi) is 5.04. The van der Waals surface area contributed by atoms with E-state index in [-0.39, 0.29) is 17.4 Å².